The Morgan fingerprint density at radius 3 is 2.63 bits per heavy atom. The first-order chi connectivity index (χ1) is 13.0. The van der Waals surface area contributed by atoms with E-state index in [1.54, 1.807) is 24.5 Å². The van der Waals surface area contributed by atoms with Crippen molar-refractivity contribution in [1.29, 1.82) is 0 Å². The number of fused-ring (bicyclic) bond motifs is 1. The Kier molecular flexibility index (Phi) is 4.20. The minimum absolute atomic E-state index is 0.202. The Bertz CT molecular complexity index is 1110. The van der Waals surface area contributed by atoms with E-state index >= 15 is 0 Å². The molecule has 5 nitrogen and oxygen atoms in total. The number of pyridine rings is 1. The lowest BCUT2D eigenvalue weighted by molar-refractivity contribution is 0.102. The molecule has 1 amide bonds. The molecule has 134 valence electrons. The standard InChI is InChI=1S/C22H19N3O2/c1-13-10-19-20(11-14(13)2)27-22(25-19)17-7-4-8-18(15(17)3)24-21(26)16-6-5-9-23-12-16/h4-12H,1-3H3,(H,24,26). The molecule has 2 aromatic heterocycles. The number of aryl methyl sites for hydroxylation is 2. The Morgan fingerprint density at radius 2 is 1.85 bits per heavy atom. The van der Waals surface area contributed by atoms with Crippen LogP contribution in [0.25, 0.3) is 22.6 Å². The summed E-state index contributed by atoms with van der Waals surface area (Å²) >= 11 is 0. The van der Waals surface area contributed by atoms with Gasteiger partial charge >= 0.3 is 0 Å². The summed E-state index contributed by atoms with van der Waals surface area (Å²) in [5.41, 5.74) is 6.91. The second-order valence-electron chi connectivity index (χ2n) is 6.60. The highest BCUT2D eigenvalue weighted by atomic mass is 16.3. The minimum atomic E-state index is -0.202. The summed E-state index contributed by atoms with van der Waals surface area (Å²) in [6.45, 7) is 6.05. The smallest absolute Gasteiger partial charge is 0.257 e. The molecule has 0 spiro atoms. The Labute approximate surface area is 157 Å². The van der Waals surface area contributed by atoms with Crippen molar-refractivity contribution in [2.75, 3.05) is 5.32 Å². The highest BCUT2D eigenvalue weighted by Gasteiger charge is 2.15. The Hall–Kier alpha value is -3.47. The molecule has 0 aliphatic heterocycles. The zero-order valence-corrected chi connectivity index (χ0v) is 15.4. The van der Waals surface area contributed by atoms with Gasteiger partial charge in [0, 0.05) is 23.6 Å². The average Bonchev–Trinajstić information content (AvgIpc) is 3.07. The number of benzene rings is 2. The zero-order chi connectivity index (χ0) is 19.0. The summed E-state index contributed by atoms with van der Waals surface area (Å²) < 4.78 is 5.98. The number of nitrogens with zero attached hydrogens (tertiary/aromatic N) is 2. The molecule has 0 aliphatic rings. The van der Waals surface area contributed by atoms with Crippen molar-refractivity contribution in [1.82, 2.24) is 9.97 Å². The predicted molar refractivity (Wildman–Crippen MR) is 106 cm³/mol. The fraction of sp³-hybridized carbons (Fsp3) is 0.136. The number of carbonyl (C=O) groups is 1. The predicted octanol–water partition coefficient (Wildman–Crippen LogP) is 5.07. The van der Waals surface area contributed by atoms with Crippen LogP contribution in [0.3, 0.4) is 0 Å². The molecule has 0 saturated carbocycles. The third kappa shape index (κ3) is 3.19. The topological polar surface area (TPSA) is 68.0 Å². The van der Waals surface area contributed by atoms with Gasteiger partial charge in [0.25, 0.3) is 5.91 Å². The van der Waals surface area contributed by atoms with Crippen molar-refractivity contribution in [2.45, 2.75) is 20.8 Å². The van der Waals surface area contributed by atoms with Crippen LogP contribution in [0.4, 0.5) is 5.69 Å². The number of hydrogen-bond donors (Lipinski definition) is 1. The highest BCUT2D eigenvalue weighted by Crippen LogP contribution is 2.31. The quantitative estimate of drug-likeness (QED) is 0.556. The van der Waals surface area contributed by atoms with Crippen molar-refractivity contribution in [3.8, 4) is 11.5 Å². The van der Waals surface area contributed by atoms with Crippen LogP contribution in [0.15, 0.2) is 59.3 Å². The van der Waals surface area contributed by atoms with Crippen LogP contribution in [0, 0.1) is 20.8 Å². The van der Waals surface area contributed by atoms with Gasteiger partial charge in [0.05, 0.1) is 5.56 Å². The SMILES string of the molecule is Cc1cc2nc(-c3cccc(NC(=O)c4cccnc4)c3C)oc2cc1C. The van der Waals surface area contributed by atoms with Gasteiger partial charge in [-0.1, -0.05) is 6.07 Å². The van der Waals surface area contributed by atoms with Crippen molar-refractivity contribution in [3.63, 3.8) is 0 Å². The molecule has 4 aromatic rings. The van der Waals surface area contributed by atoms with E-state index < -0.39 is 0 Å². The van der Waals surface area contributed by atoms with E-state index in [-0.39, 0.29) is 5.91 Å². The molecule has 0 saturated heterocycles. The van der Waals surface area contributed by atoms with Crippen molar-refractivity contribution < 1.29 is 9.21 Å². The molecule has 0 unspecified atom stereocenters. The zero-order valence-electron chi connectivity index (χ0n) is 15.4. The Morgan fingerprint density at radius 1 is 1.04 bits per heavy atom. The van der Waals surface area contributed by atoms with E-state index in [4.69, 9.17) is 4.42 Å². The third-order valence-electron chi connectivity index (χ3n) is 4.74. The molecule has 5 heteroatoms. The molecular weight excluding hydrogens is 338 g/mol. The fourth-order valence-electron chi connectivity index (χ4n) is 2.99. The number of oxazole rings is 1. The molecule has 1 N–H and O–H groups in total. The molecule has 0 radical (unpaired) electrons. The van der Waals surface area contributed by atoms with Crippen molar-refractivity contribution in [2.24, 2.45) is 0 Å². The van der Waals surface area contributed by atoms with E-state index in [0.29, 0.717) is 11.5 Å². The van der Waals surface area contributed by atoms with Gasteiger partial charge in [0.1, 0.15) is 5.52 Å². The van der Waals surface area contributed by atoms with E-state index in [9.17, 15) is 4.79 Å². The van der Waals surface area contributed by atoms with Gasteiger partial charge in [0.15, 0.2) is 5.58 Å². The first-order valence-electron chi connectivity index (χ1n) is 8.72. The molecule has 0 aliphatic carbocycles. The van der Waals surface area contributed by atoms with Gasteiger partial charge in [-0.15, -0.1) is 0 Å². The van der Waals surface area contributed by atoms with Gasteiger partial charge in [-0.05, 0) is 73.9 Å². The van der Waals surface area contributed by atoms with Crippen LogP contribution < -0.4 is 5.32 Å². The van der Waals surface area contributed by atoms with Gasteiger partial charge in [-0.25, -0.2) is 4.98 Å². The summed E-state index contributed by atoms with van der Waals surface area (Å²) in [7, 11) is 0. The molecule has 2 heterocycles. The lowest BCUT2D eigenvalue weighted by Crippen LogP contribution is -2.13. The summed E-state index contributed by atoms with van der Waals surface area (Å²) in [4.78, 5) is 21.1. The highest BCUT2D eigenvalue weighted by molar-refractivity contribution is 6.04. The Balaban J connectivity index is 1.71. The molecule has 0 bridgehead atoms. The second-order valence-corrected chi connectivity index (χ2v) is 6.60. The molecule has 0 fully saturated rings. The van der Waals surface area contributed by atoms with Gasteiger partial charge in [0.2, 0.25) is 5.89 Å². The van der Waals surface area contributed by atoms with Gasteiger partial charge in [-0.2, -0.15) is 0 Å². The van der Waals surface area contributed by atoms with Crippen LogP contribution in [0.5, 0.6) is 0 Å². The number of aromatic nitrogens is 2. The van der Waals surface area contributed by atoms with E-state index in [1.165, 1.54) is 11.1 Å². The molecule has 2 aromatic carbocycles. The van der Waals surface area contributed by atoms with Crippen LogP contribution in [-0.4, -0.2) is 15.9 Å². The lowest BCUT2D eigenvalue weighted by Gasteiger charge is -2.10. The van der Waals surface area contributed by atoms with Crippen LogP contribution in [0.1, 0.15) is 27.0 Å². The normalized spacial score (nSPS) is 10.9. The second kappa shape index (κ2) is 6.68. The number of hydrogen-bond acceptors (Lipinski definition) is 4. The molecule has 27 heavy (non-hydrogen) atoms. The number of anilines is 1. The number of rotatable bonds is 3. The molecular formula is C22H19N3O2. The van der Waals surface area contributed by atoms with E-state index in [1.807, 2.05) is 37.3 Å². The van der Waals surface area contributed by atoms with Crippen LogP contribution in [-0.2, 0) is 0 Å². The van der Waals surface area contributed by atoms with Crippen molar-refractivity contribution >= 4 is 22.7 Å². The molecule has 0 atom stereocenters. The monoisotopic (exact) mass is 357 g/mol. The minimum Gasteiger partial charge on any atom is -0.436 e. The van der Waals surface area contributed by atoms with Crippen molar-refractivity contribution in [3.05, 3.63) is 77.1 Å². The maximum atomic E-state index is 12.4. The number of nitrogens with one attached hydrogen (secondary N) is 1. The average molecular weight is 357 g/mol. The lowest BCUT2D eigenvalue weighted by atomic mass is 10.1. The number of carbonyl (C=O) groups excluding carboxylic acids is 1. The third-order valence-corrected chi connectivity index (χ3v) is 4.74. The summed E-state index contributed by atoms with van der Waals surface area (Å²) in [5.74, 6) is 0.345. The maximum absolute atomic E-state index is 12.4. The summed E-state index contributed by atoms with van der Waals surface area (Å²) in [6, 6.07) is 13.2. The van der Waals surface area contributed by atoms with Gasteiger partial charge in [-0.3, -0.25) is 9.78 Å². The fourth-order valence-corrected chi connectivity index (χ4v) is 2.99. The first-order valence-corrected chi connectivity index (χ1v) is 8.72. The van der Waals surface area contributed by atoms with E-state index in [2.05, 4.69) is 29.1 Å². The van der Waals surface area contributed by atoms with Crippen LogP contribution >= 0.6 is 0 Å². The first kappa shape index (κ1) is 17.0. The van der Waals surface area contributed by atoms with Crippen LogP contribution in [0.2, 0.25) is 0 Å². The maximum Gasteiger partial charge on any atom is 0.257 e. The summed E-state index contributed by atoms with van der Waals surface area (Å²) in [6.07, 6.45) is 3.18. The number of amides is 1. The van der Waals surface area contributed by atoms with Gasteiger partial charge < -0.3 is 9.73 Å². The van der Waals surface area contributed by atoms with E-state index in [0.717, 1.165) is 27.9 Å². The summed E-state index contributed by atoms with van der Waals surface area (Å²) in [5, 5.41) is 2.94. The largest absolute Gasteiger partial charge is 0.436 e. The molecule has 4 rings (SSSR count).